The Hall–Kier alpha value is -2.09. The van der Waals surface area contributed by atoms with Crippen LogP contribution in [0.3, 0.4) is 0 Å². The molecule has 4 nitrogen and oxygen atoms in total. The highest BCUT2D eigenvalue weighted by Gasteiger charge is 2.30. The molecular weight excluding hydrogens is 262 g/mol. The molecule has 0 bridgehead atoms. The van der Waals surface area contributed by atoms with Gasteiger partial charge in [-0.05, 0) is 29.7 Å². The van der Waals surface area contributed by atoms with E-state index in [2.05, 4.69) is 23.5 Å². The van der Waals surface area contributed by atoms with Crippen molar-refractivity contribution in [2.45, 2.75) is 32.0 Å². The number of aliphatic hydroxyl groups excluding tert-OH is 1. The van der Waals surface area contributed by atoms with Crippen molar-refractivity contribution in [3.63, 3.8) is 0 Å². The maximum atomic E-state index is 10.2. The lowest BCUT2D eigenvalue weighted by Gasteiger charge is -2.18. The fraction of sp³-hybridized carbons (Fsp3) is 0.353. The molecule has 0 unspecified atom stereocenters. The van der Waals surface area contributed by atoms with Crippen molar-refractivity contribution in [2.24, 2.45) is 7.05 Å². The molecule has 1 aliphatic rings. The highest BCUT2D eigenvalue weighted by atomic mass is 16.3. The number of hydrogen-bond acceptors (Lipinski definition) is 3. The largest absolute Gasteiger partial charge is 0.391 e. The number of hydrogen-bond donors (Lipinski definition) is 2. The smallest absolute Gasteiger partial charge is 0.120 e. The van der Waals surface area contributed by atoms with E-state index in [0.717, 1.165) is 11.3 Å². The van der Waals surface area contributed by atoms with Gasteiger partial charge < -0.3 is 15.0 Å². The highest BCUT2D eigenvalue weighted by Crippen LogP contribution is 2.31. The molecule has 0 amide bonds. The molecule has 2 aromatic rings. The lowest BCUT2D eigenvalue weighted by molar-refractivity contribution is 0.140. The second-order valence-corrected chi connectivity index (χ2v) is 5.64. The SMILES string of the molecule is Cc1c(CN[C@H]2c3ccccc3C[C@@H]2O)cc(C#N)n1C. The Morgan fingerprint density at radius 1 is 1.43 bits per heavy atom. The summed E-state index contributed by atoms with van der Waals surface area (Å²) in [7, 11) is 1.90. The molecule has 1 aromatic carbocycles. The van der Waals surface area contributed by atoms with Gasteiger partial charge in [-0.3, -0.25) is 0 Å². The number of nitrogens with one attached hydrogen (secondary N) is 1. The van der Waals surface area contributed by atoms with Gasteiger partial charge >= 0.3 is 0 Å². The number of aliphatic hydroxyl groups is 1. The molecule has 108 valence electrons. The van der Waals surface area contributed by atoms with Crippen LogP contribution in [0.4, 0.5) is 0 Å². The van der Waals surface area contributed by atoms with Crippen LogP contribution in [0.2, 0.25) is 0 Å². The van der Waals surface area contributed by atoms with Gasteiger partial charge in [-0.15, -0.1) is 0 Å². The second-order valence-electron chi connectivity index (χ2n) is 5.64. The zero-order valence-electron chi connectivity index (χ0n) is 12.3. The van der Waals surface area contributed by atoms with Crippen molar-refractivity contribution in [3.8, 4) is 6.07 Å². The molecular formula is C17H19N3O. The van der Waals surface area contributed by atoms with Gasteiger partial charge in [0.1, 0.15) is 11.8 Å². The van der Waals surface area contributed by atoms with E-state index in [9.17, 15) is 5.11 Å². The van der Waals surface area contributed by atoms with E-state index in [4.69, 9.17) is 5.26 Å². The molecule has 0 radical (unpaired) electrons. The number of rotatable bonds is 3. The zero-order chi connectivity index (χ0) is 15.0. The fourth-order valence-corrected chi connectivity index (χ4v) is 3.09. The highest BCUT2D eigenvalue weighted by molar-refractivity contribution is 5.37. The quantitative estimate of drug-likeness (QED) is 0.904. The molecule has 21 heavy (non-hydrogen) atoms. The minimum atomic E-state index is -0.387. The summed E-state index contributed by atoms with van der Waals surface area (Å²) in [6.45, 7) is 2.66. The van der Waals surface area contributed by atoms with Crippen LogP contribution in [-0.4, -0.2) is 15.8 Å². The van der Waals surface area contributed by atoms with E-state index in [1.165, 1.54) is 11.1 Å². The standard InChI is InChI=1S/C17H19N3O/c1-11-13(7-14(9-18)20(11)2)10-19-17-15-6-4-3-5-12(15)8-16(17)21/h3-7,16-17,19,21H,8,10H2,1-2H3/t16-,17-/m0/s1. The van der Waals surface area contributed by atoms with Gasteiger partial charge in [0.05, 0.1) is 12.1 Å². The van der Waals surface area contributed by atoms with E-state index in [1.807, 2.05) is 36.7 Å². The van der Waals surface area contributed by atoms with E-state index in [1.54, 1.807) is 0 Å². The predicted octanol–water partition coefficient (Wildman–Crippen LogP) is 1.95. The van der Waals surface area contributed by atoms with Crippen molar-refractivity contribution < 1.29 is 5.11 Å². The summed E-state index contributed by atoms with van der Waals surface area (Å²) in [5.41, 5.74) is 5.24. The average Bonchev–Trinajstić information content (AvgIpc) is 2.95. The minimum Gasteiger partial charge on any atom is -0.391 e. The number of benzene rings is 1. The Bertz CT molecular complexity index is 711. The molecule has 0 saturated carbocycles. The van der Waals surface area contributed by atoms with Crippen molar-refractivity contribution in [1.29, 1.82) is 5.26 Å². The topological polar surface area (TPSA) is 61.0 Å². The second kappa shape index (κ2) is 5.36. The fourth-order valence-electron chi connectivity index (χ4n) is 3.09. The number of fused-ring (bicyclic) bond motifs is 1. The third kappa shape index (κ3) is 2.35. The van der Waals surface area contributed by atoms with Crippen LogP contribution < -0.4 is 5.32 Å². The lowest BCUT2D eigenvalue weighted by Crippen LogP contribution is -2.28. The molecule has 2 N–H and O–H groups in total. The van der Waals surface area contributed by atoms with Crippen molar-refractivity contribution in [1.82, 2.24) is 9.88 Å². The Morgan fingerprint density at radius 2 is 2.19 bits per heavy atom. The minimum absolute atomic E-state index is 0.0358. The van der Waals surface area contributed by atoms with Crippen LogP contribution in [0, 0.1) is 18.3 Å². The Labute approximate surface area is 124 Å². The summed E-state index contributed by atoms with van der Waals surface area (Å²) < 4.78 is 1.90. The molecule has 2 atom stereocenters. The molecule has 0 saturated heterocycles. The number of nitriles is 1. The summed E-state index contributed by atoms with van der Waals surface area (Å²) in [6.07, 6.45) is 0.312. The summed E-state index contributed by atoms with van der Waals surface area (Å²) >= 11 is 0. The van der Waals surface area contributed by atoms with Gasteiger partial charge in [-0.1, -0.05) is 24.3 Å². The van der Waals surface area contributed by atoms with Gasteiger partial charge in [-0.2, -0.15) is 5.26 Å². The van der Waals surface area contributed by atoms with Crippen molar-refractivity contribution in [3.05, 3.63) is 58.4 Å². The molecule has 0 spiro atoms. The monoisotopic (exact) mass is 281 g/mol. The van der Waals surface area contributed by atoms with Crippen LogP contribution in [0.1, 0.15) is 34.1 Å². The van der Waals surface area contributed by atoms with Crippen LogP contribution >= 0.6 is 0 Å². The Morgan fingerprint density at radius 3 is 2.90 bits per heavy atom. The first-order valence-corrected chi connectivity index (χ1v) is 7.16. The van der Waals surface area contributed by atoms with Gasteiger partial charge in [0.25, 0.3) is 0 Å². The van der Waals surface area contributed by atoms with E-state index in [0.29, 0.717) is 18.7 Å². The van der Waals surface area contributed by atoms with Crippen molar-refractivity contribution in [2.75, 3.05) is 0 Å². The average molecular weight is 281 g/mol. The van der Waals surface area contributed by atoms with Crippen LogP contribution in [0.15, 0.2) is 30.3 Å². The maximum Gasteiger partial charge on any atom is 0.120 e. The van der Waals surface area contributed by atoms with Crippen molar-refractivity contribution >= 4 is 0 Å². The molecule has 0 aliphatic heterocycles. The maximum absolute atomic E-state index is 10.2. The zero-order valence-corrected chi connectivity index (χ0v) is 12.3. The predicted molar refractivity (Wildman–Crippen MR) is 80.6 cm³/mol. The lowest BCUT2D eigenvalue weighted by atomic mass is 10.1. The third-order valence-corrected chi connectivity index (χ3v) is 4.47. The molecule has 1 aliphatic carbocycles. The Balaban J connectivity index is 1.78. The normalized spacial score (nSPS) is 20.3. The molecule has 3 rings (SSSR count). The van der Waals surface area contributed by atoms with Gasteiger partial charge in [-0.25, -0.2) is 0 Å². The Kier molecular flexibility index (Phi) is 3.54. The summed E-state index contributed by atoms with van der Waals surface area (Å²) in [6, 6.07) is 12.2. The first-order valence-electron chi connectivity index (χ1n) is 7.16. The van der Waals surface area contributed by atoms with Crippen LogP contribution in [-0.2, 0) is 20.0 Å². The van der Waals surface area contributed by atoms with E-state index in [-0.39, 0.29) is 12.1 Å². The third-order valence-electron chi connectivity index (χ3n) is 4.47. The van der Waals surface area contributed by atoms with Crippen LogP contribution in [0.25, 0.3) is 0 Å². The van der Waals surface area contributed by atoms with Crippen LogP contribution in [0.5, 0.6) is 0 Å². The van der Waals surface area contributed by atoms with Gasteiger partial charge in [0.2, 0.25) is 0 Å². The van der Waals surface area contributed by atoms with E-state index >= 15 is 0 Å². The van der Waals surface area contributed by atoms with Gasteiger partial charge in [0, 0.05) is 25.7 Å². The molecule has 1 aromatic heterocycles. The number of aromatic nitrogens is 1. The molecule has 4 heteroatoms. The summed E-state index contributed by atoms with van der Waals surface area (Å²) in [5, 5.41) is 22.8. The van der Waals surface area contributed by atoms with E-state index < -0.39 is 0 Å². The van der Waals surface area contributed by atoms with Gasteiger partial charge in [0.15, 0.2) is 0 Å². The molecule has 1 heterocycles. The summed E-state index contributed by atoms with van der Waals surface area (Å²) in [4.78, 5) is 0. The first kappa shape index (κ1) is 13.9. The first-order chi connectivity index (χ1) is 10.1. The summed E-state index contributed by atoms with van der Waals surface area (Å²) in [5.74, 6) is 0. The number of nitrogens with zero attached hydrogens (tertiary/aromatic N) is 2. The molecule has 0 fully saturated rings.